The first-order valence-corrected chi connectivity index (χ1v) is 11.7. The average molecular weight is 445 g/mol. The molecule has 3 aromatic heterocycles. The van der Waals surface area contributed by atoms with Crippen LogP contribution in [0.15, 0.2) is 72.5 Å². The SMILES string of the molecule is O=C(Nc1nc(C2CCc3ccccc3O2)cs1)c1cccn1CCCc1ccncc1. The van der Waals surface area contributed by atoms with E-state index in [1.54, 1.807) is 0 Å². The number of carbonyl (C=O) groups is 1. The predicted molar refractivity (Wildman–Crippen MR) is 125 cm³/mol. The van der Waals surface area contributed by atoms with E-state index in [1.165, 1.54) is 22.5 Å². The molecule has 4 heterocycles. The molecule has 0 fully saturated rings. The molecule has 6 nitrogen and oxygen atoms in total. The average Bonchev–Trinajstić information content (AvgIpc) is 3.49. The van der Waals surface area contributed by atoms with Crippen LogP contribution in [-0.4, -0.2) is 20.4 Å². The van der Waals surface area contributed by atoms with E-state index in [-0.39, 0.29) is 12.0 Å². The van der Waals surface area contributed by atoms with Crippen molar-refractivity contribution in [2.45, 2.75) is 38.3 Å². The van der Waals surface area contributed by atoms with Gasteiger partial charge in [0.05, 0.1) is 5.69 Å². The summed E-state index contributed by atoms with van der Waals surface area (Å²) >= 11 is 1.43. The normalized spacial score (nSPS) is 15.1. The molecule has 0 saturated heterocycles. The maximum atomic E-state index is 12.9. The van der Waals surface area contributed by atoms with Gasteiger partial charge in [0.15, 0.2) is 5.13 Å². The molecule has 32 heavy (non-hydrogen) atoms. The lowest BCUT2D eigenvalue weighted by molar-refractivity contribution is 0.101. The molecule has 1 N–H and O–H groups in total. The number of anilines is 1. The Hall–Kier alpha value is -3.45. The number of rotatable bonds is 7. The Bertz CT molecular complexity index is 1200. The van der Waals surface area contributed by atoms with E-state index in [0.717, 1.165) is 43.7 Å². The molecule has 162 valence electrons. The lowest BCUT2D eigenvalue weighted by Crippen LogP contribution is -2.18. The van der Waals surface area contributed by atoms with Crippen molar-refractivity contribution in [3.8, 4) is 5.75 Å². The topological polar surface area (TPSA) is 69.0 Å². The second-order valence-electron chi connectivity index (χ2n) is 7.83. The highest BCUT2D eigenvalue weighted by molar-refractivity contribution is 7.14. The Morgan fingerprint density at radius 3 is 2.94 bits per heavy atom. The van der Waals surface area contributed by atoms with Crippen LogP contribution in [0.4, 0.5) is 5.13 Å². The van der Waals surface area contributed by atoms with Crippen LogP contribution in [0.3, 0.4) is 0 Å². The maximum Gasteiger partial charge on any atom is 0.274 e. The number of hydrogen-bond acceptors (Lipinski definition) is 5. The first-order valence-electron chi connectivity index (χ1n) is 10.8. The quantitative estimate of drug-likeness (QED) is 0.420. The summed E-state index contributed by atoms with van der Waals surface area (Å²) in [4.78, 5) is 21.6. The molecule has 0 radical (unpaired) electrons. The van der Waals surface area contributed by atoms with Crippen LogP contribution in [0.5, 0.6) is 5.75 Å². The van der Waals surface area contributed by atoms with Gasteiger partial charge in [-0.05, 0) is 67.1 Å². The number of pyridine rings is 1. The molecular formula is C25H24N4O2S. The van der Waals surface area contributed by atoms with Gasteiger partial charge in [-0.25, -0.2) is 4.98 Å². The van der Waals surface area contributed by atoms with Gasteiger partial charge in [0.25, 0.3) is 5.91 Å². The number of amides is 1. The molecule has 0 aliphatic carbocycles. The van der Waals surface area contributed by atoms with Crippen molar-refractivity contribution in [3.05, 3.63) is 95.0 Å². The van der Waals surface area contributed by atoms with E-state index in [4.69, 9.17) is 4.74 Å². The first-order chi connectivity index (χ1) is 15.8. The van der Waals surface area contributed by atoms with Gasteiger partial charge in [-0.15, -0.1) is 11.3 Å². The molecule has 4 aromatic rings. The molecule has 1 unspecified atom stereocenters. The fourth-order valence-corrected chi connectivity index (χ4v) is 4.75. The number of fused-ring (bicyclic) bond motifs is 1. The predicted octanol–water partition coefficient (Wildman–Crippen LogP) is 5.29. The second-order valence-corrected chi connectivity index (χ2v) is 8.69. The molecule has 7 heteroatoms. The van der Waals surface area contributed by atoms with Crippen molar-refractivity contribution in [1.29, 1.82) is 0 Å². The highest BCUT2D eigenvalue weighted by Gasteiger charge is 2.23. The monoisotopic (exact) mass is 444 g/mol. The minimum atomic E-state index is -0.144. The van der Waals surface area contributed by atoms with E-state index in [9.17, 15) is 4.79 Å². The van der Waals surface area contributed by atoms with Gasteiger partial charge in [0, 0.05) is 30.5 Å². The summed E-state index contributed by atoms with van der Waals surface area (Å²) in [5.41, 5.74) is 3.99. The van der Waals surface area contributed by atoms with E-state index < -0.39 is 0 Å². The molecule has 0 saturated carbocycles. The van der Waals surface area contributed by atoms with Crippen molar-refractivity contribution in [1.82, 2.24) is 14.5 Å². The Morgan fingerprint density at radius 2 is 2.03 bits per heavy atom. The summed E-state index contributed by atoms with van der Waals surface area (Å²) < 4.78 is 8.12. The third-order valence-corrected chi connectivity index (χ3v) is 6.44. The Morgan fingerprint density at radius 1 is 1.16 bits per heavy atom. The molecular weight excluding hydrogens is 420 g/mol. The van der Waals surface area contributed by atoms with Crippen molar-refractivity contribution >= 4 is 22.4 Å². The number of aromatic nitrogens is 3. The van der Waals surface area contributed by atoms with Crippen molar-refractivity contribution in [2.75, 3.05) is 5.32 Å². The van der Waals surface area contributed by atoms with Gasteiger partial charge < -0.3 is 9.30 Å². The zero-order valence-electron chi connectivity index (χ0n) is 17.6. The fraction of sp³-hybridized carbons (Fsp3) is 0.240. The fourth-order valence-electron chi connectivity index (χ4n) is 4.00. The van der Waals surface area contributed by atoms with Gasteiger partial charge >= 0.3 is 0 Å². The van der Waals surface area contributed by atoms with E-state index in [0.29, 0.717) is 10.8 Å². The second kappa shape index (κ2) is 9.36. The summed E-state index contributed by atoms with van der Waals surface area (Å²) in [6.45, 7) is 0.774. The number of benzene rings is 1. The lowest BCUT2D eigenvalue weighted by atomic mass is 10.0. The van der Waals surface area contributed by atoms with E-state index in [2.05, 4.69) is 21.4 Å². The number of aryl methyl sites for hydroxylation is 3. The summed E-state index contributed by atoms with van der Waals surface area (Å²) in [5, 5.41) is 5.52. The Kier molecular flexibility index (Phi) is 5.98. The highest BCUT2D eigenvalue weighted by atomic mass is 32.1. The van der Waals surface area contributed by atoms with Crippen LogP contribution in [0.1, 0.15) is 46.3 Å². The highest BCUT2D eigenvalue weighted by Crippen LogP contribution is 2.35. The Balaban J connectivity index is 1.19. The first kappa shape index (κ1) is 20.5. The largest absolute Gasteiger partial charge is 0.484 e. The third-order valence-electron chi connectivity index (χ3n) is 5.67. The number of hydrogen-bond donors (Lipinski definition) is 1. The zero-order valence-corrected chi connectivity index (χ0v) is 18.4. The molecule has 0 spiro atoms. The van der Waals surface area contributed by atoms with Crippen molar-refractivity contribution in [2.24, 2.45) is 0 Å². The maximum absolute atomic E-state index is 12.9. The summed E-state index contributed by atoms with van der Waals surface area (Å²) in [5.74, 6) is 0.779. The molecule has 1 atom stereocenters. The molecule has 1 aromatic carbocycles. The summed E-state index contributed by atoms with van der Waals surface area (Å²) in [6, 6.07) is 15.9. The molecule has 1 aliphatic rings. The smallest absolute Gasteiger partial charge is 0.274 e. The number of thiazole rings is 1. The van der Waals surface area contributed by atoms with Crippen LogP contribution in [0.25, 0.3) is 0 Å². The van der Waals surface area contributed by atoms with Crippen molar-refractivity contribution < 1.29 is 9.53 Å². The number of nitrogens with one attached hydrogen (secondary N) is 1. The number of carbonyl (C=O) groups excluding carboxylic acids is 1. The van der Waals surface area contributed by atoms with Gasteiger partial charge in [-0.1, -0.05) is 18.2 Å². The van der Waals surface area contributed by atoms with Crippen molar-refractivity contribution in [3.63, 3.8) is 0 Å². The van der Waals surface area contributed by atoms with E-state index in [1.807, 2.05) is 71.0 Å². The third kappa shape index (κ3) is 4.57. The Labute approximate surface area is 190 Å². The van der Waals surface area contributed by atoms with Gasteiger partial charge in [0.1, 0.15) is 17.5 Å². The minimum Gasteiger partial charge on any atom is -0.484 e. The van der Waals surface area contributed by atoms with Gasteiger partial charge in [0.2, 0.25) is 0 Å². The van der Waals surface area contributed by atoms with Gasteiger partial charge in [-0.2, -0.15) is 0 Å². The molecule has 5 rings (SSSR count). The summed E-state index contributed by atoms with van der Waals surface area (Å²) in [6.07, 6.45) is 9.22. The molecule has 0 bridgehead atoms. The number of nitrogens with zero attached hydrogens (tertiary/aromatic N) is 3. The van der Waals surface area contributed by atoms with Gasteiger partial charge in [-0.3, -0.25) is 15.1 Å². The van der Waals surface area contributed by atoms with Crippen LogP contribution in [0.2, 0.25) is 0 Å². The zero-order chi connectivity index (χ0) is 21.8. The standard InChI is InChI=1S/C25H24N4O2S/c30-24(21-7-4-16-29(21)15-3-5-18-11-13-26-14-12-18)28-25-27-20(17-32-25)23-10-9-19-6-1-2-8-22(19)31-23/h1-2,4,6-8,11-14,16-17,23H,3,5,9-10,15H2,(H,27,28,30). The van der Waals surface area contributed by atoms with Crippen LogP contribution < -0.4 is 10.1 Å². The lowest BCUT2D eigenvalue weighted by Gasteiger charge is -2.24. The minimum absolute atomic E-state index is 0.0798. The number of ether oxygens (including phenoxy) is 1. The van der Waals surface area contributed by atoms with Crippen LogP contribution >= 0.6 is 11.3 Å². The molecule has 1 amide bonds. The van der Waals surface area contributed by atoms with Crippen LogP contribution in [-0.2, 0) is 19.4 Å². The molecule has 1 aliphatic heterocycles. The number of para-hydroxylation sites is 1. The van der Waals surface area contributed by atoms with Crippen LogP contribution in [0, 0.1) is 0 Å². The van der Waals surface area contributed by atoms with E-state index >= 15 is 0 Å². The summed E-state index contributed by atoms with van der Waals surface area (Å²) in [7, 11) is 0.